The smallest absolute Gasteiger partial charge is 0.264 e. The summed E-state index contributed by atoms with van der Waals surface area (Å²) in [6.07, 6.45) is 0.417. The van der Waals surface area contributed by atoms with E-state index in [1.54, 1.807) is 12.1 Å². The van der Waals surface area contributed by atoms with Crippen LogP contribution in [0.2, 0.25) is 0 Å². The molecule has 0 aliphatic carbocycles. The Morgan fingerprint density at radius 2 is 1.39 bits per heavy atom. The predicted molar refractivity (Wildman–Crippen MR) is 112 cm³/mol. The third-order valence-electron chi connectivity index (χ3n) is 4.37. The van der Waals surface area contributed by atoms with Crippen molar-refractivity contribution in [1.82, 2.24) is 4.72 Å². The van der Waals surface area contributed by atoms with Gasteiger partial charge in [0.25, 0.3) is 10.0 Å². The van der Waals surface area contributed by atoms with Gasteiger partial charge in [-0.25, -0.2) is 13.1 Å². The summed E-state index contributed by atoms with van der Waals surface area (Å²) in [7, 11) is -3.92. The Morgan fingerprint density at radius 3 is 1.96 bits per heavy atom. The Bertz CT molecular complexity index is 1000. The zero-order valence-corrected chi connectivity index (χ0v) is 18.8. The van der Waals surface area contributed by atoms with E-state index in [0.717, 1.165) is 16.7 Å². The van der Waals surface area contributed by atoms with Crippen LogP contribution >= 0.6 is 0 Å². The number of rotatable bonds is 6. The molecule has 0 fully saturated rings. The molecule has 28 heavy (non-hydrogen) atoms. The van der Waals surface area contributed by atoms with Crippen LogP contribution in [0.3, 0.4) is 0 Å². The average Bonchev–Trinajstić information content (AvgIpc) is 2.67. The van der Waals surface area contributed by atoms with Gasteiger partial charge < -0.3 is 0 Å². The third-order valence-corrected chi connectivity index (χ3v) is 5.73. The fourth-order valence-electron chi connectivity index (χ4n) is 2.88. The van der Waals surface area contributed by atoms with E-state index in [2.05, 4.69) is 4.72 Å². The third kappa shape index (κ3) is 5.79. The Morgan fingerprint density at radius 1 is 0.857 bits per heavy atom. The van der Waals surface area contributed by atoms with Crippen LogP contribution < -0.4 is 4.72 Å². The molecule has 139 valence electrons. The Balaban J connectivity index is 0.00000280. The van der Waals surface area contributed by atoms with Crippen molar-refractivity contribution in [2.24, 2.45) is 0 Å². The first-order chi connectivity index (χ1) is 13.0. The van der Waals surface area contributed by atoms with Crippen molar-refractivity contribution in [2.75, 3.05) is 0 Å². The summed E-state index contributed by atoms with van der Waals surface area (Å²) in [4.78, 5) is 13.0. The molecule has 4 nitrogen and oxygen atoms in total. The molecule has 1 radical (unpaired) electrons. The van der Waals surface area contributed by atoms with Crippen molar-refractivity contribution < 1.29 is 13.2 Å². The van der Waals surface area contributed by atoms with Gasteiger partial charge in [0.05, 0.1) is 10.8 Å². The van der Waals surface area contributed by atoms with Crippen molar-refractivity contribution >= 4 is 45.5 Å². The first-order valence-electron chi connectivity index (χ1n) is 8.68. The molecule has 0 aliphatic heterocycles. The minimum Gasteiger partial charge on any atom is -0.273 e. The average molecular weight is 402 g/mol. The molecular formula is C22H21NNaO3S. The number of aryl methyl sites for hydroxylation is 1. The summed E-state index contributed by atoms with van der Waals surface area (Å²) >= 11 is 0. The normalized spacial score (nSPS) is 11.9. The van der Waals surface area contributed by atoms with Crippen molar-refractivity contribution in [3.8, 4) is 0 Å². The van der Waals surface area contributed by atoms with Crippen LogP contribution in [-0.2, 0) is 21.2 Å². The van der Waals surface area contributed by atoms with Crippen molar-refractivity contribution in [3.63, 3.8) is 0 Å². The summed E-state index contributed by atoms with van der Waals surface area (Å²) in [6.45, 7) is 1.88. The quantitative estimate of drug-likeness (QED) is 0.643. The van der Waals surface area contributed by atoms with E-state index in [1.165, 1.54) is 12.1 Å². The van der Waals surface area contributed by atoms with E-state index in [9.17, 15) is 13.2 Å². The summed E-state index contributed by atoms with van der Waals surface area (Å²) in [5.74, 6) is -1.14. The monoisotopic (exact) mass is 402 g/mol. The van der Waals surface area contributed by atoms with Crippen LogP contribution in [0.5, 0.6) is 0 Å². The standard InChI is InChI=1S/C22H21NO3S.Na/c1-17-12-14-20(15-13-17)27(25,26)23-22(24)21(19-10-6-3-7-11-19)16-18-8-4-2-5-9-18;/h2-15,21H,16H2,1H3,(H,23,24);. The van der Waals surface area contributed by atoms with E-state index < -0.39 is 21.8 Å². The Kier molecular flexibility index (Phi) is 8.01. The molecule has 0 aromatic heterocycles. The van der Waals surface area contributed by atoms with Crippen LogP contribution in [0.1, 0.15) is 22.6 Å². The minimum absolute atomic E-state index is 0. The fourth-order valence-corrected chi connectivity index (χ4v) is 3.90. The van der Waals surface area contributed by atoms with E-state index in [4.69, 9.17) is 0 Å². The second kappa shape index (κ2) is 10.0. The molecule has 1 N–H and O–H groups in total. The number of nitrogens with one attached hydrogen (secondary N) is 1. The molecule has 0 saturated carbocycles. The second-order valence-corrected chi connectivity index (χ2v) is 8.12. The number of hydrogen-bond donors (Lipinski definition) is 1. The Labute approximate surface area is 188 Å². The zero-order chi connectivity index (χ0) is 19.3. The van der Waals surface area contributed by atoms with Gasteiger partial charge in [0.2, 0.25) is 5.91 Å². The van der Waals surface area contributed by atoms with Gasteiger partial charge in [0, 0.05) is 29.6 Å². The molecule has 6 heteroatoms. The number of hydrogen-bond acceptors (Lipinski definition) is 3. The molecular weight excluding hydrogens is 381 g/mol. The van der Waals surface area contributed by atoms with Gasteiger partial charge in [-0.1, -0.05) is 78.4 Å². The molecule has 1 unspecified atom stereocenters. The van der Waals surface area contributed by atoms with E-state index in [-0.39, 0.29) is 34.5 Å². The maximum absolute atomic E-state index is 12.9. The zero-order valence-electron chi connectivity index (χ0n) is 16.0. The largest absolute Gasteiger partial charge is 0.273 e. The predicted octanol–water partition coefficient (Wildman–Crippen LogP) is 3.45. The SMILES string of the molecule is Cc1ccc(S(=O)(=O)NC(=O)C(Cc2ccccc2)c2ccccc2)cc1.[Na]. The van der Waals surface area contributed by atoms with Crippen LogP contribution in [-0.4, -0.2) is 43.9 Å². The topological polar surface area (TPSA) is 63.2 Å². The van der Waals surface area contributed by atoms with Crippen LogP contribution in [0, 0.1) is 6.92 Å². The summed E-state index contributed by atoms with van der Waals surface area (Å²) in [5.41, 5.74) is 2.69. The molecule has 0 saturated heterocycles. The number of benzene rings is 3. The number of carbonyl (C=O) groups is 1. The molecule has 0 bridgehead atoms. The van der Waals surface area contributed by atoms with E-state index in [1.807, 2.05) is 67.6 Å². The van der Waals surface area contributed by atoms with Gasteiger partial charge in [-0.15, -0.1) is 0 Å². The van der Waals surface area contributed by atoms with E-state index >= 15 is 0 Å². The van der Waals surface area contributed by atoms with Gasteiger partial charge in [0.1, 0.15) is 0 Å². The summed E-state index contributed by atoms with van der Waals surface area (Å²) < 4.78 is 27.5. The van der Waals surface area contributed by atoms with Crippen LogP contribution in [0.4, 0.5) is 0 Å². The molecule has 0 heterocycles. The molecule has 3 rings (SSSR count). The summed E-state index contributed by atoms with van der Waals surface area (Å²) in [5, 5.41) is 0. The van der Waals surface area contributed by atoms with Gasteiger partial charge in [-0.3, -0.25) is 4.79 Å². The molecule has 3 aromatic rings. The van der Waals surface area contributed by atoms with Gasteiger partial charge in [-0.2, -0.15) is 0 Å². The number of sulfonamides is 1. The first-order valence-corrected chi connectivity index (χ1v) is 10.2. The van der Waals surface area contributed by atoms with Crippen LogP contribution in [0.25, 0.3) is 0 Å². The van der Waals surface area contributed by atoms with Crippen molar-refractivity contribution in [3.05, 3.63) is 102 Å². The number of amides is 1. The van der Waals surface area contributed by atoms with Crippen LogP contribution in [0.15, 0.2) is 89.8 Å². The number of carbonyl (C=O) groups excluding carboxylic acids is 1. The van der Waals surface area contributed by atoms with Crippen molar-refractivity contribution in [1.29, 1.82) is 0 Å². The molecule has 3 aromatic carbocycles. The molecule has 0 aliphatic rings. The van der Waals surface area contributed by atoms with Gasteiger partial charge in [-0.05, 0) is 36.6 Å². The summed E-state index contributed by atoms with van der Waals surface area (Å²) in [6, 6.07) is 25.2. The van der Waals surface area contributed by atoms with E-state index in [0.29, 0.717) is 6.42 Å². The fraction of sp³-hybridized carbons (Fsp3) is 0.136. The van der Waals surface area contributed by atoms with Gasteiger partial charge in [0.15, 0.2) is 0 Å². The van der Waals surface area contributed by atoms with Crippen molar-refractivity contribution in [2.45, 2.75) is 24.2 Å². The maximum Gasteiger partial charge on any atom is 0.264 e. The maximum atomic E-state index is 12.9. The molecule has 1 atom stereocenters. The van der Waals surface area contributed by atoms with Gasteiger partial charge >= 0.3 is 0 Å². The molecule has 1 amide bonds. The second-order valence-electron chi connectivity index (χ2n) is 6.44. The first kappa shape index (κ1) is 22.4. The minimum atomic E-state index is -3.92. The Hall–Kier alpha value is -1.92. The molecule has 0 spiro atoms.